The van der Waals surface area contributed by atoms with Gasteiger partial charge in [-0.3, -0.25) is 14.2 Å². The van der Waals surface area contributed by atoms with Gasteiger partial charge < -0.3 is 10.1 Å². The van der Waals surface area contributed by atoms with Crippen molar-refractivity contribution < 1.29 is 9.53 Å². The molecule has 4 rings (SSSR count). The van der Waals surface area contributed by atoms with Gasteiger partial charge in [0.15, 0.2) is 0 Å². The number of anilines is 1. The van der Waals surface area contributed by atoms with Gasteiger partial charge >= 0.3 is 0 Å². The number of pyridine rings is 1. The topological polar surface area (TPSA) is 60.3 Å². The molecule has 0 aliphatic rings. The summed E-state index contributed by atoms with van der Waals surface area (Å²) >= 11 is 0. The van der Waals surface area contributed by atoms with E-state index in [9.17, 15) is 9.59 Å². The van der Waals surface area contributed by atoms with Crippen LogP contribution < -0.4 is 15.6 Å². The highest BCUT2D eigenvalue weighted by molar-refractivity contribution is 6.12. The molecule has 0 unspecified atom stereocenters. The molecule has 5 nitrogen and oxygen atoms in total. The fraction of sp³-hybridized carbons (Fsp3) is 0.0833. The highest BCUT2D eigenvalue weighted by Crippen LogP contribution is 2.21. The minimum Gasteiger partial charge on any atom is -0.497 e. The number of benzene rings is 3. The molecule has 3 aromatic carbocycles. The first-order chi connectivity index (χ1) is 14.1. The van der Waals surface area contributed by atoms with Gasteiger partial charge in [-0.2, -0.15) is 0 Å². The van der Waals surface area contributed by atoms with Gasteiger partial charge in [0.2, 0.25) is 0 Å². The first-order valence-corrected chi connectivity index (χ1v) is 9.24. The number of hydrogen-bond donors (Lipinski definition) is 1. The number of hydrogen-bond acceptors (Lipinski definition) is 3. The second-order valence-electron chi connectivity index (χ2n) is 6.73. The van der Waals surface area contributed by atoms with E-state index in [1.165, 1.54) is 4.57 Å². The zero-order valence-electron chi connectivity index (χ0n) is 16.2. The fourth-order valence-electron chi connectivity index (χ4n) is 3.31. The van der Waals surface area contributed by atoms with Crippen molar-refractivity contribution in [3.05, 3.63) is 100 Å². The third-order valence-corrected chi connectivity index (χ3v) is 4.91. The zero-order chi connectivity index (χ0) is 20.4. The molecule has 1 aromatic heterocycles. The maximum Gasteiger partial charge on any atom is 0.262 e. The van der Waals surface area contributed by atoms with E-state index in [1.807, 2.05) is 37.3 Å². The van der Waals surface area contributed by atoms with Crippen LogP contribution >= 0.6 is 0 Å². The van der Waals surface area contributed by atoms with Crippen molar-refractivity contribution in [3.63, 3.8) is 0 Å². The molecule has 1 amide bonds. The minimum atomic E-state index is -0.266. The summed E-state index contributed by atoms with van der Waals surface area (Å²) in [5.41, 5.74) is 2.61. The molecule has 144 valence electrons. The lowest BCUT2D eigenvalue weighted by molar-refractivity contribution is 0.102. The molecule has 0 atom stereocenters. The molecule has 0 saturated heterocycles. The Balaban J connectivity index is 1.86. The molecular weight excluding hydrogens is 364 g/mol. The van der Waals surface area contributed by atoms with Gasteiger partial charge in [0.1, 0.15) is 5.75 Å². The Morgan fingerprint density at radius 2 is 1.55 bits per heavy atom. The zero-order valence-corrected chi connectivity index (χ0v) is 16.2. The molecule has 0 radical (unpaired) electrons. The predicted molar refractivity (Wildman–Crippen MR) is 115 cm³/mol. The smallest absolute Gasteiger partial charge is 0.262 e. The summed E-state index contributed by atoms with van der Waals surface area (Å²) in [6.07, 6.45) is 1.60. The summed E-state index contributed by atoms with van der Waals surface area (Å²) in [7, 11) is 1.59. The van der Waals surface area contributed by atoms with Gasteiger partial charge in [-0.05, 0) is 48.9 Å². The Bertz CT molecular complexity index is 1260. The van der Waals surface area contributed by atoms with Crippen LogP contribution in [0.4, 0.5) is 5.69 Å². The first-order valence-electron chi connectivity index (χ1n) is 9.24. The Hall–Kier alpha value is -3.86. The van der Waals surface area contributed by atoms with Gasteiger partial charge in [-0.15, -0.1) is 0 Å². The Morgan fingerprint density at radius 1 is 0.897 bits per heavy atom. The molecule has 29 heavy (non-hydrogen) atoms. The number of aromatic nitrogens is 1. The van der Waals surface area contributed by atoms with Crippen LogP contribution in [0.3, 0.4) is 0 Å². The first kappa shape index (κ1) is 18.5. The lowest BCUT2D eigenvalue weighted by Gasteiger charge is -2.14. The Kier molecular flexibility index (Phi) is 4.87. The summed E-state index contributed by atoms with van der Waals surface area (Å²) < 4.78 is 6.69. The maximum atomic E-state index is 13.1. The highest BCUT2D eigenvalue weighted by Gasteiger charge is 2.16. The van der Waals surface area contributed by atoms with Crippen molar-refractivity contribution in [2.45, 2.75) is 6.92 Å². The fourth-order valence-corrected chi connectivity index (χ4v) is 3.31. The van der Waals surface area contributed by atoms with E-state index in [0.717, 1.165) is 11.3 Å². The van der Waals surface area contributed by atoms with E-state index in [-0.39, 0.29) is 11.5 Å². The van der Waals surface area contributed by atoms with Crippen molar-refractivity contribution in [3.8, 4) is 11.4 Å². The number of ether oxygens (including phenoxy) is 1. The molecule has 1 N–H and O–H groups in total. The average molecular weight is 384 g/mol. The summed E-state index contributed by atoms with van der Waals surface area (Å²) in [5, 5.41) is 4.07. The highest BCUT2D eigenvalue weighted by atomic mass is 16.5. The van der Waals surface area contributed by atoms with Crippen LogP contribution in [0.1, 0.15) is 15.9 Å². The van der Waals surface area contributed by atoms with Crippen LogP contribution in [0.15, 0.2) is 83.8 Å². The summed E-state index contributed by atoms with van der Waals surface area (Å²) in [6.45, 7) is 1.94. The number of aryl methyl sites for hydroxylation is 1. The van der Waals surface area contributed by atoms with Crippen molar-refractivity contribution in [2.75, 3.05) is 12.4 Å². The van der Waals surface area contributed by atoms with E-state index in [1.54, 1.807) is 55.8 Å². The number of para-hydroxylation sites is 1. The number of rotatable bonds is 4. The molecule has 5 heteroatoms. The second kappa shape index (κ2) is 7.64. The lowest BCUT2D eigenvalue weighted by atomic mass is 10.1. The van der Waals surface area contributed by atoms with Gasteiger partial charge in [0.05, 0.1) is 12.7 Å². The molecule has 0 aliphatic heterocycles. The third-order valence-electron chi connectivity index (χ3n) is 4.91. The van der Waals surface area contributed by atoms with Crippen molar-refractivity contribution in [1.29, 1.82) is 0 Å². The molecule has 1 heterocycles. The van der Waals surface area contributed by atoms with Crippen molar-refractivity contribution >= 4 is 22.4 Å². The van der Waals surface area contributed by atoms with Crippen LogP contribution in [0.2, 0.25) is 0 Å². The Morgan fingerprint density at radius 3 is 2.24 bits per heavy atom. The third kappa shape index (κ3) is 3.50. The standard InChI is InChI=1S/C24H20N2O3/c1-16-7-3-6-10-22(16)25-23(27)21-15-26(17-11-13-18(29-2)14-12-17)24(28)20-9-5-4-8-19(20)21/h3-15H,1-2H3,(H,25,27). The van der Waals surface area contributed by atoms with Crippen LogP contribution in [0.25, 0.3) is 16.5 Å². The molecule has 0 aliphatic carbocycles. The van der Waals surface area contributed by atoms with Gasteiger partial charge in [-0.25, -0.2) is 0 Å². The number of methoxy groups -OCH3 is 1. The molecule has 0 bridgehead atoms. The summed E-state index contributed by atoms with van der Waals surface area (Å²) in [5.74, 6) is 0.429. The Labute approximate surface area is 168 Å². The number of carbonyl (C=O) groups excluding carboxylic acids is 1. The average Bonchev–Trinajstić information content (AvgIpc) is 2.76. The van der Waals surface area contributed by atoms with Gasteiger partial charge in [0.25, 0.3) is 11.5 Å². The van der Waals surface area contributed by atoms with Crippen LogP contribution in [0.5, 0.6) is 5.75 Å². The SMILES string of the molecule is COc1ccc(-n2cc(C(=O)Nc3ccccc3C)c3ccccc3c2=O)cc1. The van der Waals surface area contributed by atoms with Gasteiger partial charge in [-0.1, -0.05) is 36.4 Å². The number of nitrogens with one attached hydrogen (secondary N) is 1. The predicted octanol–water partition coefficient (Wildman–Crippen LogP) is 4.56. The quantitative estimate of drug-likeness (QED) is 0.561. The number of amides is 1. The molecule has 4 aromatic rings. The van der Waals surface area contributed by atoms with Crippen molar-refractivity contribution in [2.24, 2.45) is 0 Å². The minimum absolute atomic E-state index is 0.182. The monoisotopic (exact) mass is 384 g/mol. The van der Waals surface area contributed by atoms with E-state index in [4.69, 9.17) is 4.74 Å². The molecule has 0 fully saturated rings. The van der Waals surface area contributed by atoms with Gasteiger partial charge in [0, 0.05) is 28.3 Å². The van der Waals surface area contributed by atoms with Crippen molar-refractivity contribution in [1.82, 2.24) is 4.57 Å². The maximum absolute atomic E-state index is 13.1. The molecule has 0 spiro atoms. The lowest BCUT2D eigenvalue weighted by Crippen LogP contribution is -2.22. The van der Waals surface area contributed by atoms with E-state index < -0.39 is 0 Å². The van der Waals surface area contributed by atoms with Crippen LogP contribution in [-0.4, -0.2) is 17.6 Å². The van der Waals surface area contributed by atoms with Crippen LogP contribution in [0, 0.1) is 6.92 Å². The normalized spacial score (nSPS) is 10.7. The van der Waals surface area contributed by atoms with E-state index >= 15 is 0 Å². The number of fused-ring (bicyclic) bond motifs is 1. The largest absolute Gasteiger partial charge is 0.497 e. The summed E-state index contributed by atoms with van der Waals surface area (Å²) in [4.78, 5) is 26.2. The van der Waals surface area contributed by atoms with Crippen LogP contribution in [-0.2, 0) is 0 Å². The number of nitrogens with zero attached hydrogens (tertiary/aromatic N) is 1. The van der Waals surface area contributed by atoms with E-state index in [2.05, 4.69) is 5.32 Å². The molecule has 0 saturated carbocycles. The second-order valence-corrected chi connectivity index (χ2v) is 6.73. The number of carbonyl (C=O) groups is 1. The molecular formula is C24H20N2O3. The summed E-state index contributed by atoms with van der Waals surface area (Å²) in [6, 6.07) is 21.9. The van der Waals surface area contributed by atoms with E-state index in [0.29, 0.717) is 27.8 Å².